The molecule has 2 heterocycles. The number of ether oxygens (including phenoxy) is 2. The number of alkyl halides is 3. The topological polar surface area (TPSA) is 72.0 Å². The summed E-state index contributed by atoms with van der Waals surface area (Å²) < 4.78 is 50.8. The van der Waals surface area contributed by atoms with Crippen molar-refractivity contribution in [3.05, 3.63) is 29.5 Å². The Morgan fingerprint density at radius 1 is 1.23 bits per heavy atom. The van der Waals surface area contributed by atoms with Crippen molar-refractivity contribution in [3.8, 4) is 0 Å². The van der Waals surface area contributed by atoms with Crippen molar-refractivity contribution in [3.63, 3.8) is 0 Å². The number of hydrogen-bond acceptors (Lipinski definition) is 6. The number of pyridine rings is 1. The van der Waals surface area contributed by atoms with Gasteiger partial charge in [-0.1, -0.05) is 0 Å². The Kier molecular flexibility index (Phi) is 6.99. The van der Waals surface area contributed by atoms with Crippen LogP contribution >= 0.6 is 0 Å². The molecule has 1 saturated heterocycles. The molecule has 1 aliphatic heterocycles. The maximum Gasteiger partial charge on any atom is 0.419 e. The number of methoxy groups -OCH3 is 1. The van der Waals surface area contributed by atoms with Crippen molar-refractivity contribution < 1.29 is 32.2 Å². The summed E-state index contributed by atoms with van der Waals surface area (Å²) in [5, 5.41) is 0. The van der Waals surface area contributed by atoms with Crippen molar-refractivity contribution in [2.24, 2.45) is 0 Å². The molecular formula is C20H26F3N3O4. The van der Waals surface area contributed by atoms with Gasteiger partial charge in [0.25, 0.3) is 0 Å². The molecule has 0 bridgehead atoms. The van der Waals surface area contributed by atoms with Crippen molar-refractivity contribution in [1.29, 1.82) is 0 Å². The molecule has 1 amide bonds. The van der Waals surface area contributed by atoms with Crippen LogP contribution in [-0.2, 0) is 20.4 Å². The zero-order valence-corrected chi connectivity index (χ0v) is 17.6. The van der Waals surface area contributed by atoms with E-state index in [2.05, 4.69) is 9.72 Å². The zero-order chi connectivity index (χ0) is 22.7. The Hall–Kier alpha value is -2.78. The van der Waals surface area contributed by atoms with E-state index in [0.717, 1.165) is 12.1 Å². The molecular weight excluding hydrogens is 403 g/mol. The van der Waals surface area contributed by atoms with Crippen LogP contribution in [-0.4, -0.2) is 60.3 Å². The summed E-state index contributed by atoms with van der Waals surface area (Å²) in [4.78, 5) is 30.5. The van der Waals surface area contributed by atoms with Crippen LogP contribution in [0.4, 0.5) is 23.8 Å². The van der Waals surface area contributed by atoms with Gasteiger partial charge in [-0.15, -0.1) is 0 Å². The molecule has 1 aromatic heterocycles. The number of piperazine rings is 1. The first kappa shape index (κ1) is 23.5. The molecule has 7 nitrogen and oxygen atoms in total. The van der Waals surface area contributed by atoms with Crippen LogP contribution < -0.4 is 4.90 Å². The van der Waals surface area contributed by atoms with Crippen LogP contribution in [0.3, 0.4) is 0 Å². The molecule has 0 spiro atoms. The molecule has 0 aliphatic carbocycles. The maximum absolute atomic E-state index is 13.7. The first-order valence-corrected chi connectivity index (χ1v) is 9.39. The average Bonchev–Trinajstić information content (AvgIpc) is 2.63. The number of carbonyl (C=O) groups excluding carboxylic acids is 2. The third-order valence-corrected chi connectivity index (χ3v) is 4.36. The van der Waals surface area contributed by atoms with Crippen molar-refractivity contribution in [2.75, 3.05) is 31.6 Å². The first-order chi connectivity index (χ1) is 13.8. The minimum absolute atomic E-state index is 0.122. The largest absolute Gasteiger partial charge is 0.466 e. The summed E-state index contributed by atoms with van der Waals surface area (Å²) in [5.74, 6) is -0.895. The quantitative estimate of drug-likeness (QED) is 0.539. The first-order valence-electron chi connectivity index (χ1n) is 9.39. The van der Waals surface area contributed by atoms with E-state index >= 15 is 0 Å². The summed E-state index contributed by atoms with van der Waals surface area (Å²) in [7, 11) is 1.17. The second-order valence-corrected chi connectivity index (χ2v) is 7.96. The smallest absolute Gasteiger partial charge is 0.419 e. The number of carbonyl (C=O) groups is 2. The molecule has 166 valence electrons. The standard InChI is InChI=1S/C20H26F3N3O4/c1-13-12-25(8-9-26(13)18(28)30-19(2,3)4)17-15(20(21,22)23)10-14(11-24-17)6-7-16(27)29-5/h6-7,10-11,13H,8-9,12H2,1-5H3. The van der Waals surface area contributed by atoms with Gasteiger partial charge in [0.05, 0.1) is 12.7 Å². The molecule has 1 aromatic rings. The van der Waals surface area contributed by atoms with Gasteiger partial charge >= 0.3 is 18.2 Å². The fraction of sp³-hybridized carbons (Fsp3) is 0.550. The van der Waals surface area contributed by atoms with E-state index in [0.29, 0.717) is 0 Å². The molecule has 0 aromatic carbocycles. The predicted octanol–water partition coefficient (Wildman–Crippen LogP) is 3.73. The summed E-state index contributed by atoms with van der Waals surface area (Å²) in [6.07, 6.45) is -1.64. The highest BCUT2D eigenvalue weighted by Gasteiger charge is 2.38. The number of amides is 1. The molecule has 0 radical (unpaired) electrons. The van der Waals surface area contributed by atoms with Crippen molar-refractivity contribution >= 4 is 24.0 Å². The van der Waals surface area contributed by atoms with Gasteiger partial charge < -0.3 is 19.3 Å². The molecule has 1 unspecified atom stereocenters. The fourth-order valence-corrected chi connectivity index (χ4v) is 3.00. The van der Waals surface area contributed by atoms with Gasteiger partial charge in [0, 0.05) is 37.9 Å². The predicted molar refractivity (Wildman–Crippen MR) is 105 cm³/mol. The molecule has 0 N–H and O–H groups in total. The molecule has 30 heavy (non-hydrogen) atoms. The highest BCUT2D eigenvalue weighted by atomic mass is 19.4. The highest BCUT2D eigenvalue weighted by molar-refractivity contribution is 5.87. The maximum atomic E-state index is 13.7. The normalized spacial score (nSPS) is 17.9. The summed E-state index contributed by atoms with van der Waals surface area (Å²) in [6, 6.07) is 0.572. The highest BCUT2D eigenvalue weighted by Crippen LogP contribution is 2.37. The van der Waals surface area contributed by atoms with Crippen molar-refractivity contribution in [1.82, 2.24) is 9.88 Å². The number of halogens is 3. The SMILES string of the molecule is COC(=O)C=Cc1cnc(N2CCN(C(=O)OC(C)(C)C)C(C)C2)c(C(F)(F)F)c1. The van der Waals surface area contributed by atoms with Gasteiger partial charge in [-0.05, 0) is 45.4 Å². The molecule has 1 aliphatic rings. The second kappa shape index (κ2) is 8.93. The van der Waals surface area contributed by atoms with Crippen LogP contribution in [0, 0.1) is 0 Å². The Labute approximate surface area is 173 Å². The third kappa shape index (κ3) is 6.11. The van der Waals surface area contributed by atoms with Gasteiger partial charge in [-0.2, -0.15) is 13.2 Å². The summed E-state index contributed by atoms with van der Waals surface area (Å²) >= 11 is 0. The lowest BCUT2D eigenvalue weighted by Crippen LogP contribution is -2.55. The van der Waals surface area contributed by atoms with Crippen LogP contribution in [0.1, 0.15) is 38.8 Å². The Morgan fingerprint density at radius 3 is 2.43 bits per heavy atom. The number of nitrogens with zero attached hydrogens (tertiary/aromatic N) is 3. The number of hydrogen-bond donors (Lipinski definition) is 0. The zero-order valence-electron chi connectivity index (χ0n) is 17.6. The van der Waals surface area contributed by atoms with Crippen LogP contribution in [0.2, 0.25) is 0 Å². The van der Waals surface area contributed by atoms with E-state index in [1.54, 1.807) is 27.7 Å². The van der Waals surface area contributed by atoms with Gasteiger partial charge in [0.1, 0.15) is 11.4 Å². The number of anilines is 1. The van der Waals surface area contributed by atoms with Gasteiger partial charge in [-0.3, -0.25) is 0 Å². The van der Waals surface area contributed by atoms with Crippen LogP contribution in [0.15, 0.2) is 18.3 Å². The molecule has 1 fully saturated rings. The number of aromatic nitrogens is 1. The van der Waals surface area contributed by atoms with E-state index in [1.807, 2.05) is 0 Å². The average molecular weight is 429 g/mol. The number of rotatable bonds is 3. The summed E-state index contributed by atoms with van der Waals surface area (Å²) in [5.41, 5.74) is -1.45. The van der Waals surface area contributed by atoms with E-state index in [9.17, 15) is 22.8 Å². The number of esters is 1. The third-order valence-electron chi connectivity index (χ3n) is 4.36. The Morgan fingerprint density at radius 2 is 1.90 bits per heavy atom. The van der Waals surface area contributed by atoms with Gasteiger partial charge in [0.2, 0.25) is 0 Å². The lowest BCUT2D eigenvalue weighted by molar-refractivity contribution is -0.137. The van der Waals surface area contributed by atoms with Crippen LogP contribution in [0.25, 0.3) is 6.08 Å². The Balaban J connectivity index is 2.24. The second-order valence-electron chi connectivity index (χ2n) is 7.96. The van der Waals surface area contributed by atoms with E-state index in [-0.39, 0.29) is 37.1 Å². The van der Waals surface area contributed by atoms with Crippen molar-refractivity contribution in [2.45, 2.75) is 45.5 Å². The minimum Gasteiger partial charge on any atom is -0.466 e. The molecule has 0 saturated carbocycles. The minimum atomic E-state index is -4.64. The molecule has 1 atom stereocenters. The summed E-state index contributed by atoms with van der Waals surface area (Å²) in [6.45, 7) is 7.56. The van der Waals surface area contributed by atoms with E-state index in [4.69, 9.17) is 4.74 Å². The van der Waals surface area contributed by atoms with Gasteiger partial charge in [-0.25, -0.2) is 14.6 Å². The monoisotopic (exact) mass is 429 g/mol. The van der Waals surface area contributed by atoms with E-state index < -0.39 is 29.4 Å². The van der Waals surface area contributed by atoms with Crippen LogP contribution in [0.5, 0.6) is 0 Å². The molecule has 2 rings (SSSR count). The Bertz CT molecular complexity index is 818. The fourth-order valence-electron chi connectivity index (χ4n) is 3.00. The lowest BCUT2D eigenvalue weighted by Gasteiger charge is -2.41. The lowest BCUT2D eigenvalue weighted by atomic mass is 10.1. The molecule has 10 heteroatoms. The van der Waals surface area contributed by atoms with E-state index in [1.165, 1.54) is 29.2 Å². The van der Waals surface area contributed by atoms with Gasteiger partial charge in [0.15, 0.2) is 0 Å².